The first kappa shape index (κ1) is 20.6. The molecule has 0 aromatic carbocycles. The Bertz CT molecular complexity index is 851. The predicted molar refractivity (Wildman–Crippen MR) is 117 cm³/mol. The van der Waals surface area contributed by atoms with Gasteiger partial charge in [0.2, 0.25) is 0 Å². The topological polar surface area (TPSA) is 52.6 Å². The molecule has 2 heterocycles. The van der Waals surface area contributed by atoms with Gasteiger partial charge in [0.05, 0.1) is 12.7 Å². The molecule has 0 radical (unpaired) electrons. The van der Waals surface area contributed by atoms with Gasteiger partial charge in [-0.25, -0.2) is 0 Å². The van der Waals surface area contributed by atoms with Crippen molar-refractivity contribution in [2.24, 2.45) is 46.3 Å². The van der Waals surface area contributed by atoms with Gasteiger partial charge in [-0.15, -0.1) is 0 Å². The van der Waals surface area contributed by atoms with E-state index in [2.05, 4.69) is 27.7 Å². The van der Waals surface area contributed by atoms with Crippen LogP contribution in [0.15, 0.2) is 11.6 Å². The van der Waals surface area contributed by atoms with E-state index in [9.17, 15) is 9.59 Å². The maximum absolute atomic E-state index is 14.0. The molecule has 1 spiro atoms. The molecule has 0 aromatic rings. The molecule has 4 aliphatic carbocycles. The summed E-state index contributed by atoms with van der Waals surface area (Å²) in [4.78, 5) is 26.0. The molecule has 1 unspecified atom stereocenters. The van der Waals surface area contributed by atoms with Gasteiger partial charge in [-0.05, 0) is 67.3 Å². The highest BCUT2D eigenvalue weighted by molar-refractivity contribution is 5.92. The summed E-state index contributed by atoms with van der Waals surface area (Å²) in [6, 6.07) is 0. The van der Waals surface area contributed by atoms with Crippen LogP contribution in [0.25, 0.3) is 0 Å². The molecule has 31 heavy (non-hydrogen) atoms. The van der Waals surface area contributed by atoms with Crippen LogP contribution in [-0.4, -0.2) is 30.1 Å². The summed E-state index contributed by atoms with van der Waals surface area (Å²) < 4.78 is 13.2. The standard InChI is InChI=1S/C27H38O4/c1-15-7-10-27(30-14-15)16(2)24-22(31-27)12-21-19-6-5-17-11-18(28)8-9-25(17,3)20(19)13-23(29)26(21,24)4/h11,15-16,19-22,24H,5-10,12-14H2,1-4H3/t15?,16-,19+,20-,21-,22-,24-,25-,26+,27+/m0/s1. The molecule has 10 atom stereocenters. The van der Waals surface area contributed by atoms with Gasteiger partial charge >= 0.3 is 0 Å². The van der Waals surface area contributed by atoms with Crippen molar-refractivity contribution in [1.82, 2.24) is 0 Å². The van der Waals surface area contributed by atoms with Crippen molar-refractivity contribution in [2.45, 2.75) is 91.0 Å². The van der Waals surface area contributed by atoms with E-state index in [0.717, 1.165) is 45.1 Å². The Morgan fingerprint density at radius 2 is 1.84 bits per heavy atom. The van der Waals surface area contributed by atoms with Crippen LogP contribution in [0, 0.1) is 46.3 Å². The van der Waals surface area contributed by atoms with Gasteiger partial charge in [-0.2, -0.15) is 0 Å². The van der Waals surface area contributed by atoms with Gasteiger partial charge in [0, 0.05) is 36.5 Å². The highest BCUT2D eigenvalue weighted by Crippen LogP contribution is 2.69. The quantitative estimate of drug-likeness (QED) is 0.541. The van der Waals surface area contributed by atoms with E-state index >= 15 is 0 Å². The summed E-state index contributed by atoms with van der Waals surface area (Å²) in [7, 11) is 0. The first-order valence-corrected chi connectivity index (χ1v) is 12.8. The van der Waals surface area contributed by atoms with Gasteiger partial charge < -0.3 is 9.47 Å². The number of fused-ring (bicyclic) bond motifs is 7. The number of hydrogen-bond donors (Lipinski definition) is 0. The first-order valence-electron chi connectivity index (χ1n) is 12.8. The van der Waals surface area contributed by atoms with E-state index in [4.69, 9.17) is 9.47 Å². The Balaban J connectivity index is 1.33. The minimum absolute atomic E-state index is 0.0296. The monoisotopic (exact) mass is 426 g/mol. The van der Waals surface area contributed by atoms with E-state index in [1.54, 1.807) is 0 Å². The van der Waals surface area contributed by atoms with Gasteiger partial charge in [0.1, 0.15) is 5.78 Å². The fraction of sp³-hybridized carbons (Fsp3) is 0.852. The molecule has 6 rings (SSSR count). The van der Waals surface area contributed by atoms with Gasteiger partial charge in [0.15, 0.2) is 11.6 Å². The lowest BCUT2D eigenvalue weighted by Crippen LogP contribution is -2.56. The van der Waals surface area contributed by atoms with Crippen LogP contribution in [-0.2, 0) is 19.1 Å². The summed E-state index contributed by atoms with van der Waals surface area (Å²) in [6.07, 6.45) is 9.59. The maximum Gasteiger partial charge on any atom is 0.171 e. The fourth-order valence-corrected chi connectivity index (χ4v) is 9.26. The summed E-state index contributed by atoms with van der Waals surface area (Å²) in [5.41, 5.74) is 1.07. The second kappa shape index (κ2) is 6.53. The van der Waals surface area contributed by atoms with Crippen LogP contribution < -0.4 is 0 Å². The Kier molecular flexibility index (Phi) is 4.34. The van der Waals surface area contributed by atoms with Crippen molar-refractivity contribution in [3.8, 4) is 0 Å². The molecule has 0 amide bonds. The van der Waals surface area contributed by atoms with E-state index in [1.165, 1.54) is 5.57 Å². The number of ketones is 2. The zero-order valence-corrected chi connectivity index (χ0v) is 19.6. The minimum atomic E-state index is -0.467. The van der Waals surface area contributed by atoms with Crippen LogP contribution in [0.2, 0.25) is 0 Å². The van der Waals surface area contributed by atoms with Crippen LogP contribution in [0.1, 0.15) is 79.1 Å². The Labute approximate surface area is 186 Å². The number of Topliss-reactive ketones (excluding diaryl/α,β-unsaturated/α-hetero) is 1. The Morgan fingerprint density at radius 1 is 1.03 bits per heavy atom. The molecule has 4 nitrogen and oxygen atoms in total. The molecular weight excluding hydrogens is 388 g/mol. The lowest BCUT2D eigenvalue weighted by molar-refractivity contribution is -0.272. The van der Waals surface area contributed by atoms with Crippen molar-refractivity contribution in [1.29, 1.82) is 0 Å². The Hall–Kier alpha value is -1.00. The highest BCUT2D eigenvalue weighted by atomic mass is 16.7. The zero-order valence-electron chi connectivity index (χ0n) is 19.6. The fourth-order valence-electron chi connectivity index (χ4n) is 9.26. The smallest absolute Gasteiger partial charge is 0.171 e. The molecule has 0 aromatic heterocycles. The zero-order chi connectivity index (χ0) is 21.8. The third-order valence-corrected chi connectivity index (χ3v) is 11.1. The van der Waals surface area contributed by atoms with Crippen molar-refractivity contribution < 1.29 is 19.1 Å². The molecule has 0 bridgehead atoms. The second-order valence-electron chi connectivity index (χ2n) is 12.4. The summed E-state index contributed by atoms with van der Waals surface area (Å²) >= 11 is 0. The first-order chi connectivity index (χ1) is 14.7. The van der Waals surface area contributed by atoms with E-state index in [1.807, 2.05) is 6.08 Å². The summed E-state index contributed by atoms with van der Waals surface area (Å²) in [6.45, 7) is 9.95. The highest BCUT2D eigenvalue weighted by Gasteiger charge is 2.71. The van der Waals surface area contributed by atoms with Gasteiger partial charge in [-0.1, -0.05) is 33.3 Å². The largest absolute Gasteiger partial charge is 0.349 e. The van der Waals surface area contributed by atoms with Crippen LogP contribution in [0.4, 0.5) is 0 Å². The number of allylic oxidation sites excluding steroid dienone is 1. The van der Waals surface area contributed by atoms with Crippen LogP contribution >= 0.6 is 0 Å². The van der Waals surface area contributed by atoms with Crippen LogP contribution in [0.5, 0.6) is 0 Å². The molecule has 0 N–H and O–H groups in total. The average Bonchev–Trinajstić information content (AvgIpc) is 3.18. The lowest BCUT2D eigenvalue weighted by Gasteiger charge is -2.57. The van der Waals surface area contributed by atoms with Crippen LogP contribution in [0.3, 0.4) is 0 Å². The number of rotatable bonds is 0. The minimum Gasteiger partial charge on any atom is -0.349 e. The van der Waals surface area contributed by atoms with Crippen molar-refractivity contribution in [2.75, 3.05) is 6.61 Å². The number of ether oxygens (including phenoxy) is 2. The molecule has 3 saturated carbocycles. The second-order valence-corrected chi connectivity index (χ2v) is 12.4. The number of carbonyl (C=O) groups excluding carboxylic acids is 2. The molecule has 2 saturated heterocycles. The van der Waals surface area contributed by atoms with Crippen molar-refractivity contribution in [3.05, 3.63) is 11.6 Å². The number of hydrogen-bond acceptors (Lipinski definition) is 4. The molecule has 4 heteroatoms. The molecule has 5 fully saturated rings. The van der Waals surface area contributed by atoms with E-state index in [-0.39, 0.29) is 34.6 Å². The number of carbonyl (C=O) groups is 2. The lowest BCUT2D eigenvalue weighted by atomic mass is 9.46. The summed E-state index contributed by atoms with van der Waals surface area (Å²) in [5.74, 6) is 2.78. The summed E-state index contributed by atoms with van der Waals surface area (Å²) in [5, 5.41) is 0. The SMILES string of the molecule is CC1CC[C@@]2(OC1)O[C@H]1C[C@H]3[C@@H]4CCC5=CC(=O)CC[C@]5(C)[C@H]4CC(=O)[C@]3(C)[C@H]1[C@@H]2C. The van der Waals surface area contributed by atoms with Gasteiger partial charge in [0.25, 0.3) is 0 Å². The Morgan fingerprint density at radius 3 is 2.58 bits per heavy atom. The third-order valence-electron chi connectivity index (χ3n) is 11.1. The van der Waals surface area contributed by atoms with Gasteiger partial charge in [-0.3, -0.25) is 9.59 Å². The van der Waals surface area contributed by atoms with E-state index < -0.39 is 5.79 Å². The predicted octanol–water partition coefficient (Wildman–Crippen LogP) is 5.10. The van der Waals surface area contributed by atoms with Crippen molar-refractivity contribution in [3.63, 3.8) is 0 Å². The molecular formula is C27H38O4. The normalized spacial score (nSPS) is 56.0. The molecule has 170 valence electrons. The maximum atomic E-state index is 14.0. The van der Waals surface area contributed by atoms with Crippen molar-refractivity contribution >= 4 is 11.6 Å². The molecule has 2 aliphatic heterocycles. The molecule has 6 aliphatic rings. The third kappa shape index (κ3) is 2.55. The average molecular weight is 427 g/mol. The van der Waals surface area contributed by atoms with E-state index in [0.29, 0.717) is 42.3 Å².